The monoisotopic (exact) mass is 493 g/mol. The molecule has 1 aromatic carbocycles. The molecule has 1 atom stereocenters. The molecule has 0 saturated carbocycles. The minimum Gasteiger partial charge on any atom is -0.493 e. The Kier molecular flexibility index (Phi) is 6.88. The van der Waals surface area contributed by atoms with E-state index in [0.717, 1.165) is 0 Å². The van der Waals surface area contributed by atoms with Crippen LogP contribution in [0.25, 0.3) is 22.6 Å². The lowest BCUT2D eigenvalue weighted by molar-refractivity contribution is -0.144. The van der Waals surface area contributed by atoms with Crippen molar-refractivity contribution in [3.8, 4) is 28.4 Å². The molecule has 3 N–H and O–H groups in total. The largest absolute Gasteiger partial charge is 0.493 e. The SMILES string of the molecule is COc1c(F)cccc1-c1cc(-c2cn(Cc3cccc(C(C)(CC(=O)O)OC)n3)nn2)nc(N)n1. The number of ether oxygens (including phenoxy) is 2. The number of benzene rings is 1. The van der Waals surface area contributed by atoms with Crippen LogP contribution in [0.15, 0.2) is 48.7 Å². The van der Waals surface area contributed by atoms with Crippen molar-refractivity contribution >= 4 is 11.9 Å². The van der Waals surface area contributed by atoms with E-state index in [1.165, 1.54) is 20.3 Å². The number of nitrogen functional groups attached to an aromatic ring is 1. The zero-order valence-electron chi connectivity index (χ0n) is 19.8. The quantitative estimate of drug-likeness (QED) is 0.356. The molecule has 36 heavy (non-hydrogen) atoms. The van der Waals surface area contributed by atoms with Gasteiger partial charge in [0, 0.05) is 12.7 Å². The Morgan fingerprint density at radius 2 is 1.86 bits per heavy atom. The lowest BCUT2D eigenvalue weighted by atomic mass is 9.97. The molecular formula is C24H24FN7O4. The number of nitrogens with zero attached hydrogens (tertiary/aromatic N) is 6. The maximum absolute atomic E-state index is 14.2. The van der Waals surface area contributed by atoms with Crippen LogP contribution in [0, 0.1) is 5.82 Å². The fourth-order valence-electron chi connectivity index (χ4n) is 3.73. The van der Waals surface area contributed by atoms with Gasteiger partial charge in [-0.3, -0.25) is 9.78 Å². The van der Waals surface area contributed by atoms with Gasteiger partial charge in [0.05, 0.1) is 49.0 Å². The lowest BCUT2D eigenvalue weighted by Crippen LogP contribution is -2.29. The molecule has 0 radical (unpaired) electrons. The summed E-state index contributed by atoms with van der Waals surface area (Å²) in [6, 6.07) is 11.4. The van der Waals surface area contributed by atoms with E-state index < -0.39 is 17.4 Å². The van der Waals surface area contributed by atoms with Crippen LogP contribution in [0.3, 0.4) is 0 Å². The van der Waals surface area contributed by atoms with Gasteiger partial charge in [0.2, 0.25) is 5.95 Å². The molecule has 0 bridgehead atoms. The average Bonchev–Trinajstić information content (AvgIpc) is 3.31. The molecule has 0 amide bonds. The number of halogens is 1. The molecule has 3 aromatic heterocycles. The second kappa shape index (κ2) is 10.0. The van der Waals surface area contributed by atoms with Crippen molar-refractivity contribution in [2.75, 3.05) is 20.0 Å². The van der Waals surface area contributed by atoms with Crippen molar-refractivity contribution in [2.45, 2.75) is 25.5 Å². The number of aliphatic carboxylic acids is 1. The number of anilines is 1. The molecule has 0 aliphatic heterocycles. The summed E-state index contributed by atoms with van der Waals surface area (Å²) in [5.41, 5.74) is 7.57. The predicted molar refractivity (Wildman–Crippen MR) is 127 cm³/mol. The third-order valence-corrected chi connectivity index (χ3v) is 5.60. The van der Waals surface area contributed by atoms with Gasteiger partial charge in [-0.25, -0.2) is 19.0 Å². The minimum absolute atomic E-state index is 0.0185. The zero-order valence-corrected chi connectivity index (χ0v) is 19.8. The molecule has 0 fully saturated rings. The molecule has 3 heterocycles. The predicted octanol–water partition coefficient (Wildman–Crippen LogP) is 2.91. The number of carbonyl (C=O) groups is 1. The van der Waals surface area contributed by atoms with Crippen molar-refractivity contribution in [3.63, 3.8) is 0 Å². The molecule has 11 nitrogen and oxygen atoms in total. The highest BCUT2D eigenvalue weighted by Gasteiger charge is 2.31. The van der Waals surface area contributed by atoms with E-state index in [2.05, 4.69) is 25.3 Å². The highest BCUT2D eigenvalue weighted by molar-refractivity contribution is 5.72. The van der Waals surface area contributed by atoms with Crippen LogP contribution in [0.5, 0.6) is 5.75 Å². The maximum Gasteiger partial charge on any atom is 0.306 e. The number of rotatable bonds is 9. The standard InChI is InChI=1S/C24H24FN7O4/c1-24(36-3,11-21(33)34)20-9-4-6-14(27-20)12-32-13-19(30-31-32)18-10-17(28-23(26)29-18)15-7-5-8-16(25)22(15)35-2/h4-10,13H,11-12H2,1-3H3,(H,33,34)(H2,26,28,29). The van der Waals surface area contributed by atoms with E-state index in [9.17, 15) is 14.3 Å². The number of para-hydroxylation sites is 1. The molecule has 0 aliphatic rings. The normalized spacial score (nSPS) is 12.8. The summed E-state index contributed by atoms with van der Waals surface area (Å²) in [4.78, 5) is 24.3. The summed E-state index contributed by atoms with van der Waals surface area (Å²) in [5.74, 6) is -1.49. The number of carboxylic acid groups (broad SMARTS) is 1. The molecule has 1 unspecified atom stereocenters. The third-order valence-electron chi connectivity index (χ3n) is 5.60. The first kappa shape index (κ1) is 24.7. The fraction of sp³-hybridized carbons (Fsp3) is 0.250. The van der Waals surface area contributed by atoms with Gasteiger partial charge in [-0.1, -0.05) is 17.3 Å². The lowest BCUT2D eigenvalue weighted by Gasteiger charge is -2.26. The van der Waals surface area contributed by atoms with Crippen molar-refractivity contribution in [2.24, 2.45) is 0 Å². The number of hydrogen-bond donors (Lipinski definition) is 2. The summed E-state index contributed by atoms with van der Waals surface area (Å²) in [6.07, 6.45) is 1.43. The average molecular weight is 493 g/mol. The van der Waals surface area contributed by atoms with Crippen molar-refractivity contribution in [3.05, 3.63) is 65.9 Å². The van der Waals surface area contributed by atoms with Gasteiger partial charge in [0.1, 0.15) is 11.3 Å². The molecule has 186 valence electrons. The van der Waals surface area contributed by atoms with Crippen LogP contribution in [0.4, 0.5) is 10.3 Å². The fourth-order valence-corrected chi connectivity index (χ4v) is 3.73. The first-order valence-corrected chi connectivity index (χ1v) is 10.8. The van der Waals surface area contributed by atoms with Crippen molar-refractivity contribution in [1.29, 1.82) is 0 Å². The summed E-state index contributed by atoms with van der Waals surface area (Å²) in [7, 11) is 2.82. The van der Waals surface area contributed by atoms with Crippen molar-refractivity contribution in [1.82, 2.24) is 29.9 Å². The Hall–Kier alpha value is -4.45. The first-order valence-electron chi connectivity index (χ1n) is 10.8. The third kappa shape index (κ3) is 5.13. The van der Waals surface area contributed by atoms with Crippen LogP contribution in [0.2, 0.25) is 0 Å². The van der Waals surface area contributed by atoms with Gasteiger partial charge >= 0.3 is 5.97 Å². The van der Waals surface area contributed by atoms with Crippen LogP contribution in [-0.2, 0) is 21.7 Å². The van der Waals surface area contributed by atoms with Crippen LogP contribution in [-0.4, -0.2) is 55.2 Å². The van der Waals surface area contributed by atoms with E-state index in [1.54, 1.807) is 54.2 Å². The molecule has 4 aromatic rings. The van der Waals surface area contributed by atoms with E-state index in [1.807, 2.05) is 0 Å². The van der Waals surface area contributed by atoms with Gasteiger partial charge in [-0.15, -0.1) is 5.10 Å². The topological polar surface area (TPSA) is 151 Å². The Bertz CT molecular complexity index is 1410. The van der Waals surface area contributed by atoms with Crippen molar-refractivity contribution < 1.29 is 23.8 Å². The zero-order chi connectivity index (χ0) is 25.9. The summed E-state index contributed by atoms with van der Waals surface area (Å²) >= 11 is 0. The van der Waals surface area contributed by atoms with E-state index >= 15 is 0 Å². The molecule has 0 aliphatic carbocycles. The Labute approximate surface area is 205 Å². The van der Waals surface area contributed by atoms with E-state index in [-0.39, 0.29) is 24.7 Å². The number of aromatic nitrogens is 6. The Balaban J connectivity index is 1.62. The highest BCUT2D eigenvalue weighted by Crippen LogP contribution is 2.33. The summed E-state index contributed by atoms with van der Waals surface area (Å²) in [6.45, 7) is 1.93. The highest BCUT2D eigenvalue weighted by atomic mass is 19.1. The van der Waals surface area contributed by atoms with Gasteiger partial charge < -0.3 is 20.3 Å². The van der Waals surface area contributed by atoms with Crippen LogP contribution < -0.4 is 10.5 Å². The molecular weight excluding hydrogens is 469 g/mol. The number of hydrogen-bond acceptors (Lipinski definition) is 9. The van der Waals surface area contributed by atoms with E-state index in [0.29, 0.717) is 34.0 Å². The summed E-state index contributed by atoms with van der Waals surface area (Å²) in [5, 5.41) is 17.6. The second-order valence-electron chi connectivity index (χ2n) is 8.14. The van der Waals surface area contributed by atoms with Crippen LogP contribution >= 0.6 is 0 Å². The second-order valence-corrected chi connectivity index (χ2v) is 8.14. The molecule has 0 spiro atoms. The number of methoxy groups -OCH3 is 2. The van der Waals surface area contributed by atoms with Gasteiger partial charge in [-0.05, 0) is 37.3 Å². The van der Waals surface area contributed by atoms with E-state index in [4.69, 9.17) is 15.2 Å². The number of pyridine rings is 1. The smallest absolute Gasteiger partial charge is 0.306 e. The first-order chi connectivity index (χ1) is 17.2. The number of nitrogens with two attached hydrogens (primary N) is 1. The van der Waals surface area contributed by atoms with Crippen LogP contribution in [0.1, 0.15) is 24.7 Å². The Morgan fingerprint density at radius 1 is 1.11 bits per heavy atom. The minimum atomic E-state index is -1.08. The van der Waals surface area contributed by atoms with Gasteiger partial charge in [0.25, 0.3) is 0 Å². The molecule has 4 rings (SSSR count). The van der Waals surface area contributed by atoms with Gasteiger partial charge in [-0.2, -0.15) is 0 Å². The number of carboxylic acids is 1. The molecule has 0 saturated heterocycles. The van der Waals surface area contributed by atoms with Gasteiger partial charge in [0.15, 0.2) is 11.6 Å². The summed E-state index contributed by atoms with van der Waals surface area (Å²) < 4.78 is 26.4. The Morgan fingerprint density at radius 3 is 2.58 bits per heavy atom. The maximum atomic E-state index is 14.2. The molecule has 12 heteroatoms.